The normalized spacial score (nSPS) is 15.6. The summed E-state index contributed by atoms with van der Waals surface area (Å²) in [6.07, 6.45) is 1.47. The van der Waals surface area contributed by atoms with Gasteiger partial charge in [0.2, 0.25) is 6.54 Å². The van der Waals surface area contributed by atoms with Crippen LogP contribution in [-0.4, -0.2) is 23.2 Å². The van der Waals surface area contributed by atoms with Gasteiger partial charge in [0.15, 0.2) is 0 Å². The fraction of sp³-hybridized carbons (Fsp3) is 1.00. The van der Waals surface area contributed by atoms with Crippen molar-refractivity contribution >= 4 is 0 Å². The first-order chi connectivity index (χ1) is 5.61. The third kappa shape index (κ3) is 4.28. The summed E-state index contributed by atoms with van der Waals surface area (Å²) in [5.41, 5.74) is 0. The number of aliphatic hydroxyl groups excluding tert-OH is 1. The maximum Gasteiger partial charge on any atom is 0.207 e. The number of nitrogens with zero attached hydrogens (tertiary/aromatic N) is 1. The second-order valence-electron chi connectivity index (χ2n) is 3.17. The van der Waals surface area contributed by atoms with Gasteiger partial charge in [-0.15, -0.1) is 0 Å². The molecule has 0 rings (SSSR count). The molecule has 0 spiro atoms. The lowest BCUT2D eigenvalue weighted by molar-refractivity contribution is -0.490. The number of rotatable bonds is 6. The molecule has 1 N–H and O–H groups in total. The Hall–Kier alpha value is -0.640. The van der Waals surface area contributed by atoms with E-state index < -0.39 is 0 Å². The highest BCUT2D eigenvalue weighted by atomic mass is 16.6. The van der Waals surface area contributed by atoms with Gasteiger partial charge in [0.05, 0.1) is 0 Å². The number of nitro groups is 1. The molecule has 0 aromatic heterocycles. The zero-order valence-electron chi connectivity index (χ0n) is 7.69. The molecule has 0 saturated carbocycles. The molecule has 2 unspecified atom stereocenters. The molecule has 0 amide bonds. The molecule has 0 aliphatic carbocycles. The van der Waals surface area contributed by atoms with Crippen molar-refractivity contribution in [2.75, 3.05) is 13.2 Å². The van der Waals surface area contributed by atoms with Crippen molar-refractivity contribution in [3.63, 3.8) is 0 Å². The molecule has 0 aromatic carbocycles. The van der Waals surface area contributed by atoms with Crippen LogP contribution < -0.4 is 0 Å². The highest BCUT2D eigenvalue weighted by Crippen LogP contribution is 2.18. The summed E-state index contributed by atoms with van der Waals surface area (Å²) in [6, 6.07) is 0. The quantitative estimate of drug-likeness (QED) is 0.489. The first-order valence-electron chi connectivity index (χ1n) is 4.34. The molecule has 0 aliphatic rings. The highest BCUT2D eigenvalue weighted by molar-refractivity contribution is 4.63. The zero-order chi connectivity index (χ0) is 9.56. The Morgan fingerprint density at radius 2 is 2.17 bits per heavy atom. The Morgan fingerprint density at radius 1 is 1.58 bits per heavy atom. The summed E-state index contributed by atoms with van der Waals surface area (Å²) in [7, 11) is 0. The van der Waals surface area contributed by atoms with Crippen molar-refractivity contribution in [1.29, 1.82) is 0 Å². The lowest BCUT2D eigenvalue weighted by Gasteiger charge is -2.17. The van der Waals surface area contributed by atoms with Crippen LogP contribution >= 0.6 is 0 Å². The molecule has 4 nitrogen and oxygen atoms in total. The first-order valence-corrected chi connectivity index (χ1v) is 4.34. The van der Waals surface area contributed by atoms with Crippen molar-refractivity contribution in [1.82, 2.24) is 0 Å². The fourth-order valence-electron chi connectivity index (χ4n) is 1.25. The van der Waals surface area contributed by atoms with Gasteiger partial charge in [-0.3, -0.25) is 10.1 Å². The number of hydrogen-bond donors (Lipinski definition) is 1. The van der Waals surface area contributed by atoms with Gasteiger partial charge in [-0.1, -0.05) is 20.3 Å². The van der Waals surface area contributed by atoms with E-state index in [9.17, 15) is 10.1 Å². The standard InChI is InChI=1S/C8H17NO3/c1-3-7(2)8(4-5-10)6-9(11)12/h7-8,10H,3-6H2,1-2H3. The molecule has 0 bridgehead atoms. The summed E-state index contributed by atoms with van der Waals surface area (Å²) in [5.74, 6) is 0.345. The minimum absolute atomic E-state index is 0.0183. The second kappa shape index (κ2) is 5.94. The van der Waals surface area contributed by atoms with E-state index in [1.165, 1.54) is 0 Å². The van der Waals surface area contributed by atoms with Gasteiger partial charge in [-0.25, -0.2) is 0 Å². The average molecular weight is 175 g/mol. The molecule has 2 atom stereocenters. The molecule has 0 aromatic rings. The molecular weight excluding hydrogens is 158 g/mol. The average Bonchev–Trinajstić information content (AvgIpc) is 2.01. The van der Waals surface area contributed by atoms with E-state index in [0.29, 0.717) is 12.3 Å². The van der Waals surface area contributed by atoms with Crippen molar-refractivity contribution in [3.05, 3.63) is 10.1 Å². The van der Waals surface area contributed by atoms with Crippen LogP contribution in [0.5, 0.6) is 0 Å². The van der Waals surface area contributed by atoms with Crippen LogP contribution in [0.15, 0.2) is 0 Å². The van der Waals surface area contributed by atoms with Crippen molar-refractivity contribution in [2.45, 2.75) is 26.7 Å². The topological polar surface area (TPSA) is 63.4 Å². The Bertz CT molecular complexity index is 138. The largest absolute Gasteiger partial charge is 0.396 e. The van der Waals surface area contributed by atoms with Crippen LogP contribution in [0.4, 0.5) is 0 Å². The van der Waals surface area contributed by atoms with Crippen molar-refractivity contribution in [3.8, 4) is 0 Å². The van der Waals surface area contributed by atoms with Gasteiger partial charge >= 0.3 is 0 Å². The Labute approximate surface area is 72.7 Å². The molecule has 0 heterocycles. The second-order valence-corrected chi connectivity index (χ2v) is 3.17. The van der Waals surface area contributed by atoms with E-state index in [0.717, 1.165) is 6.42 Å². The summed E-state index contributed by atoms with van der Waals surface area (Å²) in [5, 5.41) is 18.9. The minimum atomic E-state index is -0.299. The maximum absolute atomic E-state index is 10.2. The van der Waals surface area contributed by atoms with E-state index in [2.05, 4.69) is 0 Å². The molecule has 4 heteroatoms. The van der Waals surface area contributed by atoms with Gasteiger partial charge in [0.25, 0.3) is 0 Å². The first kappa shape index (κ1) is 11.4. The SMILES string of the molecule is CCC(C)C(CCO)C[N+](=O)[O-]. The smallest absolute Gasteiger partial charge is 0.207 e. The predicted octanol–water partition coefficient (Wildman–Crippen LogP) is 1.31. The summed E-state index contributed by atoms with van der Waals surface area (Å²) >= 11 is 0. The van der Waals surface area contributed by atoms with Gasteiger partial charge in [-0.05, 0) is 12.3 Å². The Morgan fingerprint density at radius 3 is 2.50 bits per heavy atom. The van der Waals surface area contributed by atoms with Gasteiger partial charge in [0.1, 0.15) is 0 Å². The van der Waals surface area contributed by atoms with Crippen LogP contribution in [0.2, 0.25) is 0 Å². The van der Waals surface area contributed by atoms with Crippen LogP contribution in [0.1, 0.15) is 26.7 Å². The van der Waals surface area contributed by atoms with Gasteiger partial charge in [-0.2, -0.15) is 0 Å². The Balaban J connectivity index is 3.93. The van der Waals surface area contributed by atoms with Crippen LogP contribution in [0.3, 0.4) is 0 Å². The third-order valence-corrected chi connectivity index (χ3v) is 2.33. The zero-order valence-corrected chi connectivity index (χ0v) is 7.69. The van der Waals surface area contributed by atoms with Gasteiger partial charge in [0, 0.05) is 17.4 Å². The molecule has 0 fully saturated rings. The van der Waals surface area contributed by atoms with E-state index in [1.54, 1.807) is 0 Å². The van der Waals surface area contributed by atoms with Gasteiger partial charge < -0.3 is 5.11 Å². The van der Waals surface area contributed by atoms with Crippen LogP contribution in [0, 0.1) is 22.0 Å². The Kier molecular flexibility index (Phi) is 5.62. The number of hydrogen-bond acceptors (Lipinski definition) is 3. The van der Waals surface area contributed by atoms with E-state index in [4.69, 9.17) is 5.11 Å². The molecular formula is C8H17NO3. The monoisotopic (exact) mass is 175 g/mol. The van der Waals surface area contributed by atoms with Crippen LogP contribution in [0.25, 0.3) is 0 Å². The summed E-state index contributed by atoms with van der Waals surface area (Å²) < 4.78 is 0. The maximum atomic E-state index is 10.2. The van der Waals surface area contributed by atoms with Crippen molar-refractivity contribution in [2.24, 2.45) is 11.8 Å². The van der Waals surface area contributed by atoms with E-state index in [-0.39, 0.29) is 24.0 Å². The lowest BCUT2D eigenvalue weighted by Crippen LogP contribution is -2.22. The molecule has 0 aliphatic heterocycles. The molecule has 72 valence electrons. The lowest BCUT2D eigenvalue weighted by atomic mass is 9.89. The van der Waals surface area contributed by atoms with E-state index in [1.807, 2.05) is 13.8 Å². The predicted molar refractivity (Wildman–Crippen MR) is 46.5 cm³/mol. The third-order valence-electron chi connectivity index (χ3n) is 2.33. The molecule has 0 saturated heterocycles. The molecule has 0 radical (unpaired) electrons. The fourth-order valence-corrected chi connectivity index (χ4v) is 1.25. The minimum Gasteiger partial charge on any atom is -0.396 e. The van der Waals surface area contributed by atoms with Crippen molar-refractivity contribution < 1.29 is 10.0 Å². The van der Waals surface area contributed by atoms with E-state index >= 15 is 0 Å². The number of aliphatic hydroxyl groups is 1. The summed E-state index contributed by atoms with van der Waals surface area (Å²) in [6.45, 7) is 4.03. The molecule has 12 heavy (non-hydrogen) atoms. The highest BCUT2D eigenvalue weighted by Gasteiger charge is 2.20. The van der Waals surface area contributed by atoms with Crippen LogP contribution in [-0.2, 0) is 0 Å². The summed E-state index contributed by atoms with van der Waals surface area (Å²) in [4.78, 5) is 9.93.